The predicted octanol–water partition coefficient (Wildman–Crippen LogP) is 13.5. The maximum Gasteiger partial charge on any atom is 0.308 e. The number of unbranched alkanes of at least 4 members (excludes halogenated alkanes) is 21. The van der Waals surface area contributed by atoms with Crippen LogP contribution in [0.25, 0.3) is 0 Å². The van der Waals surface area contributed by atoms with Crippen molar-refractivity contribution in [2.45, 2.75) is 239 Å². The summed E-state index contributed by atoms with van der Waals surface area (Å²) in [5.41, 5.74) is 0. The van der Waals surface area contributed by atoms with Gasteiger partial charge in [0.2, 0.25) is 0 Å². The number of ether oxygens (including phenoxy) is 2. The Labute approximate surface area is 335 Å². The molecule has 0 fully saturated rings. The van der Waals surface area contributed by atoms with Crippen LogP contribution in [0, 0.1) is 11.8 Å². The second kappa shape index (κ2) is 41.4. The van der Waals surface area contributed by atoms with Crippen LogP contribution >= 0.6 is 0 Å². The minimum atomic E-state index is -0.210. The number of carbonyl (C=O) groups is 2. The van der Waals surface area contributed by atoms with Crippen molar-refractivity contribution in [3.05, 3.63) is 0 Å². The topological polar surface area (TPSA) is 76.1 Å². The fourth-order valence-electron chi connectivity index (χ4n) is 7.33. The fourth-order valence-corrected chi connectivity index (χ4v) is 7.33. The van der Waals surface area contributed by atoms with E-state index in [-0.39, 0.29) is 37.2 Å². The van der Waals surface area contributed by atoms with Crippen LogP contribution in [-0.4, -0.2) is 67.6 Å². The lowest BCUT2D eigenvalue weighted by atomic mass is 10.0. The molecule has 0 spiro atoms. The maximum atomic E-state index is 12.8. The number of esters is 2. The first-order chi connectivity index (χ1) is 26.3. The first-order valence-electron chi connectivity index (χ1n) is 23.6. The lowest BCUT2D eigenvalue weighted by molar-refractivity contribution is -0.150. The van der Waals surface area contributed by atoms with Gasteiger partial charge in [0, 0.05) is 13.0 Å². The van der Waals surface area contributed by atoms with E-state index in [1.807, 2.05) is 6.92 Å². The molecule has 7 heteroatoms. The molecule has 0 aromatic rings. The van der Waals surface area contributed by atoms with Crippen molar-refractivity contribution in [2.24, 2.45) is 11.8 Å². The van der Waals surface area contributed by atoms with Crippen LogP contribution in [0.3, 0.4) is 0 Å². The third-order valence-corrected chi connectivity index (χ3v) is 11.0. The first-order valence-corrected chi connectivity index (χ1v) is 23.6. The van der Waals surface area contributed by atoms with E-state index in [0.29, 0.717) is 19.4 Å². The predicted molar refractivity (Wildman–Crippen MR) is 228 cm³/mol. The van der Waals surface area contributed by atoms with Crippen molar-refractivity contribution in [3.8, 4) is 0 Å². The average Bonchev–Trinajstić information content (AvgIpc) is 3.15. The Kier molecular flexibility index (Phi) is 40.5. The summed E-state index contributed by atoms with van der Waals surface area (Å²) in [4.78, 5) is 27.8. The van der Waals surface area contributed by atoms with Gasteiger partial charge in [0.15, 0.2) is 0 Å². The quantitative estimate of drug-likeness (QED) is 0.0492. The molecule has 0 rings (SSSR count). The summed E-state index contributed by atoms with van der Waals surface area (Å²) in [7, 11) is 0. The van der Waals surface area contributed by atoms with E-state index in [4.69, 9.17) is 9.47 Å². The van der Waals surface area contributed by atoms with E-state index in [1.165, 1.54) is 77.0 Å². The molecule has 0 bridgehead atoms. The van der Waals surface area contributed by atoms with E-state index >= 15 is 0 Å². The smallest absolute Gasteiger partial charge is 0.308 e. The second-order valence-electron chi connectivity index (χ2n) is 16.9. The minimum absolute atomic E-state index is 0.0370. The van der Waals surface area contributed by atoms with Crippen molar-refractivity contribution in [1.82, 2.24) is 4.90 Å². The second-order valence-corrected chi connectivity index (χ2v) is 16.9. The zero-order valence-corrected chi connectivity index (χ0v) is 36.5. The molecule has 0 aromatic carbocycles. The molecule has 6 nitrogen and oxygen atoms in total. The number of aliphatic hydroxyl groups excluding tert-OH is 1. The van der Waals surface area contributed by atoms with Crippen LogP contribution in [0.1, 0.15) is 233 Å². The van der Waals surface area contributed by atoms with E-state index in [0.717, 1.165) is 141 Å². The number of hydrogen-bond acceptors (Lipinski definition) is 6. The zero-order chi connectivity index (χ0) is 39.7. The van der Waals surface area contributed by atoms with Gasteiger partial charge < -0.3 is 19.5 Å². The molecule has 322 valence electrons. The minimum Gasteiger partial charge on any atom is -0.465 e. The zero-order valence-electron chi connectivity index (χ0n) is 36.5. The molecule has 2 unspecified atom stereocenters. The van der Waals surface area contributed by atoms with Gasteiger partial charge in [-0.15, -0.1) is 0 Å². The third kappa shape index (κ3) is 37.7. The number of nitrogens with zero attached hydrogens (tertiary/aromatic N) is 1. The van der Waals surface area contributed by atoms with Crippen molar-refractivity contribution in [3.63, 3.8) is 0 Å². The molecule has 0 aliphatic heterocycles. The Bertz CT molecular complexity index is 796. The van der Waals surface area contributed by atoms with Gasteiger partial charge in [0.1, 0.15) is 6.10 Å². The number of rotatable bonds is 43. The van der Waals surface area contributed by atoms with Gasteiger partial charge in [-0.25, -0.2) is 0 Å². The Hall–Kier alpha value is -1.21. The molecule has 0 saturated carbocycles. The summed E-state index contributed by atoms with van der Waals surface area (Å²) >= 11 is 0. The van der Waals surface area contributed by atoms with Crippen LogP contribution < -0.4 is 0 Å². The molecule has 2 atom stereocenters. The Morgan fingerprint density at radius 1 is 0.556 bits per heavy atom. The molecule has 0 aliphatic carbocycles. The van der Waals surface area contributed by atoms with Gasteiger partial charge in [0.25, 0.3) is 0 Å². The molecule has 0 radical (unpaired) electrons. The molecule has 0 aromatic heterocycles. The van der Waals surface area contributed by atoms with Crippen molar-refractivity contribution in [2.75, 3.05) is 39.5 Å². The summed E-state index contributed by atoms with van der Waals surface area (Å²) in [5.74, 6) is 0.679. The highest BCUT2D eigenvalue weighted by molar-refractivity contribution is 5.71. The normalized spacial score (nSPS) is 12.8. The Morgan fingerprint density at radius 3 is 1.57 bits per heavy atom. The molecule has 0 amide bonds. The molecular formula is C47H92FNO5. The third-order valence-electron chi connectivity index (χ3n) is 11.0. The summed E-state index contributed by atoms with van der Waals surface area (Å²) in [6.07, 6.45) is 35.1. The monoisotopic (exact) mass is 770 g/mol. The van der Waals surface area contributed by atoms with Gasteiger partial charge in [-0.1, -0.05) is 150 Å². The molecule has 0 aliphatic rings. The van der Waals surface area contributed by atoms with Crippen molar-refractivity contribution >= 4 is 11.9 Å². The van der Waals surface area contributed by atoms with Gasteiger partial charge in [-0.2, -0.15) is 0 Å². The van der Waals surface area contributed by atoms with Crippen LogP contribution in [0.4, 0.5) is 4.39 Å². The van der Waals surface area contributed by atoms with Crippen molar-refractivity contribution in [1.29, 1.82) is 0 Å². The van der Waals surface area contributed by atoms with E-state index < -0.39 is 0 Å². The SMILES string of the molecule is CCCCCCCCC(CCCCCCCCF)OC(=O)CCCCCN(CCCCO)CCCCC(C)C(=O)OCCCCCCCCCCC(C)C. The average molecular weight is 770 g/mol. The van der Waals surface area contributed by atoms with Gasteiger partial charge in [0.05, 0.1) is 19.2 Å². The largest absolute Gasteiger partial charge is 0.465 e. The van der Waals surface area contributed by atoms with Gasteiger partial charge in [-0.05, 0) is 103 Å². The van der Waals surface area contributed by atoms with Crippen LogP contribution in [0.15, 0.2) is 0 Å². The van der Waals surface area contributed by atoms with Crippen LogP contribution in [0.2, 0.25) is 0 Å². The van der Waals surface area contributed by atoms with Gasteiger partial charge >= 0.3 is 11.9 Å². The number of aliphatic hydroxyl groups is 1. The summed E-state index contributed by atoms with van der Waals surface area (Å²) in [6.45, 7) is 12.4. The van der Waals surface area contributed by atoms with E-state index in [9.17, 15) is 19.1 Å². The van der Waals surface area contributed by atoms with Gasteiger partial charge in [-0.3, -0.25) is 14.0 Å². The number of alkyl halides is 1. The Balaban J connectivity index is 4.28. The molecule has 0 heterocycles. The standard InChI is InChI=1S/C47H92FNO5/c1-5-6-7-8-16-22-34-45(35-23-17-12-13-18-26-37-48)54-46(51)36-24-20-27-38-49(40-29-30-41-50)39-28-25-33-44(4)47(52)53-42-31-19-14-10-9-11-15-21-32-43(2)3/h43-45,50H,5-42H2,1-4H3. The summed E-state index contributed by atoms with van der Waals surface area (Å²) in [6, 6.07) is 0. The highest BCUT2D eigenvalue weighted by Gasteiger charge is 2.16. The summed E-state index contributed by atoms with van der Waals surface area (Å²) in [5, 5.41) is 9.31. The number of hydrogen-bond donors (Lipinski definition) is 1. The lowest BCUT2D eigenvalue weighted by Crippen LogP contribution is -2.27. The van der Waals surface area contributed by atoms with E-state index in [1.54, 1.807) is 0 Å². The fraction of sp³-hybridized carbons (Fsp3) is 0.957. The highest BCUT2D eigenvalue weighted by atomic mass is 19.1. The van der Waals surface area contributed by atoms with E-state index in [2.05, 4.69) is 25.7 Å². The maximum absolute atomic E-state index is 12.8. The summed E-state index contributed by atoms with van der Waals surface area (Å²) < 4.78 is 24.0. The lowest BCUT2D eigenvalue weighted by Gasteiger charge is -2.22. The molecule has 1 N–H and O–H groups in total. The molecule has 54 heavy (non-hydrogen) atoms. The van der Waals surface area contributed by atoms with Crippen molar-refractivity contribution < 1.29 is 28.6 Å². The highest BCUT2D eigenvalue weighted by Crippen LogP contribution is 2.19. The number of halogens is 1. The molecule has 0 saturated heterocycles. The number of carbonyl (C=O) groups excluding carboxylic acids is 2. The van der Waals surface area contributed by atoms with Crippen LogP contribution in [-0.2, 0) is 19.1 Å². The first kappa shape index (κ1) is 52.8. The molecular weight excluding hydrogens is 678 g/mol. The Morgan fingerprint density at radius 2 is 1.02 bits per heavy atom. The van der Waals surface area contributed by atoms with Crippen LogP contribution in [0.5, 0.6) is 0 Å².